The minimum absolute atomic E-state index is 1.50. The van der Waals surface area contributed by atoms with Gasteiger partial charge < -0.3 is 4.57 Å². The maximum Gasteiger partial charge on any atom is 0.137 e. The maximum absolute atomic E-state index is 3.83. The molecule has 0 unspecified atom stereocenters. The Balaban J connectivity index is 0.000000135. The average molecular weight is 247 g/mol. The number of aromatic nitrogens is 7. The van der Waals surface area contributed by atoms with Gasteiger partial charge in [0.05, 0.1) is 6.33 Å². The second-order valence-corrected chi connectivity index (χ2v) is 3.48. The Morgan fingerprint density at radius 2 is 1.61 bits per heavy atom. The molecule has 0 atom stereocenters. The molecule has 96 valence electrons. The zero-order chi connectivity index (χ0) is 13.2. The lowest BCUT2D eigenvalue weighted by Crippen LogP contribution is -1.83. The van der Waals surface area contributed by atoms with Crippen LogP contribution < -0.4 is 0 Å². The number of aryl methyl sites for hydroxylation is 3. The van der Waals surface area contributed by atoms with Crippen LogP contribution >= 0.6 is 0 Å². The van der Waals surface area contributed by atoms with Gasteiger partial charge in [-0.05, 0) is 6.07 Å². The van der Waals surface area contributed by atoms with E-state index >= 15 is 0 Å². The first-order valence-corrected chi connectivity index (χ1v) is 5.32. The van der Waals surface area contributed by atoms with Crippen LogP contribution in [0.15, 0.2) is 49.8 Å². The molecule has 0 aliphatic rings. The van der Waals surface area contributed by atoms with Crippen molar-refractivity contribution in [2.75, 3.05) is 0 Å². The summed E-state index contributed by atoms with van der Waals surface area (Å²) in [5.74, 6) is 0. The molecule has 3 heterocycles. The molecule has 0 saturated heterocycles. The highest BCUT2D eigenvalue weighted by molar-refractivity contribution is 4.75. The fourth-order valence-electron chi connectivity index (χ4n) is 0.938. The molecule has 7 nitrogen and oxygen atoms in total. The third kappa shape index (κ3) is 6.21. The van der Waals surface area contributed by atoms with Gasteiger partial charge in [0, 0.05) is 45.9 Å². The second kappa shape index (κ2) is 7.77. The average Bonchev–Trinajstić information content (AvgIpc) is 3.05. The van der Waals surface area contributed by atoms with E-state index in [-0.39, 0.29) is 0 Å². The van der Waals surface area contributed by atoms with Gasteiger partial charge in [-0.15, -0.1) is 0 Å². The SMILES string of the molecule is Cn1cccn1.Cn1ccnc1.Cn1cncn1. The Morgan fingerprint density at radius 1 is 0.778 bits per heavy atom. The molecule has 0 aromatic carbocycles. The predicted molar refractivity (Wildman–Crippen MR) is 67.4 cm³/mol. The van der Waals surface area contributed by atoms with E-state index in [0.29, 0.717) is 0 Å². The standard InChI is InChI=1S/2C4H6N2.C3H5N3/c1-6-3-2-5-4-6;1-6-4-2-3-5-6;1-6-3-4-2-5-6/h2*2-4H,1H3;2-3H,1H3. The van der Waals surface area contributed by atoms with E-state index in [0.717, 1.165) is 0 Å². The molecule has 0 fully saturated rings. The topological polar surface area (TPSA) is 66.3 Å². The molecule has 0 amide bonds. The molecule has 3 rings (SSSR count). The quantitative estimate of drug-likeness (QED) is 0.585. The van der Waals surface area contributed by atoms with Gasteiger partial charge in [-0.3, -0.25) is 9.36 Å². The van der Waals surface area contributed by atoms with Crippen LogP contribution in [0.3, 0.4) is 0 Å². The van der Waals surface area contributed by atoms with E-state index in [1.54, 1.807) is 34.4 Å². The van der Waals surface area contributed by atoms with Crippen LogP contribution in [-0.2, 0) is 21.1 Å². The fourth-order valence-corrected chi connectivity index (χ4v) is 0.938. The third-order valence-electron chi connectivity index (χ3n) is 1.81. The van der Waals surface area contributed by atoms with Crippen LogP contribution in [0.2, 0.25) is 0 Å². The summed E-state index contributed by atoms with van der Waals surface area (Å²) in [5, 5.41) is 7.56. The second-order valence-electron chi connectivity index (χ2n) is 3.48. The summed E-state index contributed by atoms with van der Waals surface area (Å²) in [5.41, 5.74) is 0. The molecule has 0 N–H and O–H groups in total. The van der Waals surface area contributed by atoms with Crippen molar-refractivity contribution in [3.8, 4) is 0 Å². The number of nitrogens with zero attached hydrogens (tertiary/aromatic N) is 7. The van der Waals surface area contributed by atoms with Crippen molar-refractivity contribution in [2.45, 2.75) is 0 Å². The highest BCUT2D eigenvalue weighted by Gasteiger charge is 1.71. The van der Waals surface area contributed by atoms with Crippen LogP contribution in [0.5, 0.6) is 0 Å². The van der Waals surface area contributed by atoms with E-state index in [1.165, 1.54) is 6.33 Å². The lowest BCUT2D eigenvalue weighted by Gasteiger charge is -1.77. The van der Waals surface area contributed by atoms with Crippen molar-refractivity contribution in [3.05, 3.63) is 49.8 Å². The van der Waals surface area contributed by atoms with E-state index in [9.17, 15) is 0 Å². The Hall–Kier alpha value is -2.44. The first-order chi connectivity index (χ1) is 8.68. The normalized spacial score (nSPS) is 8.83. The number of rotatable bonds is 0. The molecular weight excluding hydrogens is 230 g/mol. The van der Waals surface area contributed by atoms with Crippen LogP contribution in [0.1, 0.15) is 0 Å². The maximum atomic E-state index is 3.83. The lowest BCUT2D eigenvalue weighted by atomic mass is 10.8. The van der Waals surface area contributed by atoms with Crippen LogP contribution in [0, 0.1) is 0 Å². The van der Waals surface area contributed by atoms with Crippen molar-refractivity contribution in [3.63, 3.8) is 0 Å². The molecule has 7 heteroatoms. The van der Waals surface area contributed by atoms with Crippen LogP contribution in [0.25, 0.3) is 0 Å². The molecule has 0 spiro atoms. The Morgan fingerprint density at radius 3 is 1.78 bits per heavy atom. The van der Waals surface area contributed by atoms with Gasteiger partial charge >= 0.3 is 0 Å². The zero-order valence-corrected chi connectivity index (χ0v) is 10.7. The van der Waals surface area contributed by atoms with Crippen molar-refractivity contribution in [1.29, 1.82) is 0 Å². The summed E-state index contributed by atoms with van der Waals surface area (Å²) in [7, 11) is 5.65. The predicted octanol–water partition coefficient (Wildman–Crippen LogP) is 0.655. The molecular formula is C11H17N7. The highest BCUT2D eigenvalue weighted by Crippen LogP contribution is 1.74. The van der Waals surface area contributed by atoms with Gasteiger partial charge in [-0.1, -0.05) is 0 Å². The molecule has 18 heavy (non-hydrogen) atoms. The highest BCUT2D eigenvalue weighted by atomic mass is 15.3. The van der Waals surface area contributed by atoms with Gasteiger partial charge in [0.2, 0.25) is 0 Å². The first kappa shape index (κ1) is 13.6. The summed E-state index contributed by atoms with van der Waals surface area (Å²) in [6.45, 7) is 0. The summed E-state index contributed by atoms with van der Waals surface area (Å²) in [6.07, 6.45) is 12.2. The zero-order valence-electron chi connectivity index (χ0n) is 10.7. The van der Waals surface area contributed by atoms with Gasteiger partial charge in [-0.2, -0.15) is 10.2 Å². The van der Waals surface area contributed by atoms with Crippen LogP contribution in [0.4, 0.5) is 0 Å². The van der Waals surface area contributed by atoms with E-state index in [4.69, 9.17) is 0 Å². The molecule has 0 aliphatic heterocycles. The largest absolute Gasteiger partial charge is 0.341 e. The van der Waals surface area contributed by atoms with E-state index in [2.05, 4.69) is 20.2 Å². The smallest absolute Gasteiger partial charge is 0.137 e. The summed E-state index contributed by atoms with van der Waals surface area (Å²) < 4.78 is 5.28. The van der Waals surface area contributed by atoms with Crippen molar-refractivity contribution < 1.29 is 0 Å². The number of hydrogen-bond acceptors (Lipinski definition) is 4. The molecule has 0 aliphatic carbocycles. The first-order valence-electron chi connectivity index (χ1n) is 5.32. The van der Waals surface area contributed by atoms with E-state index in [1.807, 2.05) is 44.2 Å². The third-order valence-corrected chi connectivity index (χ3v) is 1.81. The molecule has 0 radical (unpaired) electrons. The van der Waals surface area contributed by atoms with Crippen molar-refractivity contribution in [1.82, 2.24) is 34.1 Å². The van der Waals surface area contributed by atoms with Crippen molar-refractivity contribution in [2.24, 2.45) is 21.1 Å². The summed E-state index contributed by atoms with van der Waals surface area (Å²) >= 11 is 0. The monoisotopic (exact) mass is 247 g/mol. The molecule has 0 saturated carbocycles. The number of hydrogen-bond donors (Lipinski definition) is 0. The van der Waals surface area contributed by atoms with E-state index < -0.39 is 0 Å². The molecule has 3 aromatic heterocycles. The fraction of sp³-hybridized carbons (Fsp3) is 0.273. The van der Waals surface area contributed by atoms with Crippen LogP contribution in [-0.4, -0.2) is 34.1 Å². The molecule has 3 aromatic rings. The Labute approximate surface area is 106 Å². The van der Waals surface area contributed by atoms with Crippen molar-refractivity contribution >= 4 is 0 Å². The van der Waals surface area contributed by atoms with Gasteiger partial charge in [0.15, 0.2) is 0 Å². The lowest BCUT2D eigenvalue weighted by molar-refractivity contribution is 0.765. The molecule has 0 bridgehead atoms. The Bertz CT molecular complexity index is 405. The minimum atomic E-state index is 1.50. The minimum Gasteiger partial charge on any atom is -0.341 e. The number of imidazole rings is 1. The summed E-state index contributed by atoms with van der Waals surface area (Å²) in [6, 6.07) is 1.89. The summed E-state index contributed by atoms with van der Waals surface area (Å²) in [4.78, 5) is 7.46. The van der Waals surface area contributed by atoms with Gasteiger partial charge in [-0.25, -0.2) is 9.97 Å². The van der Waals surface area contributed by atoms with Gasteiger partial charge in [0.25, 0.3) is 0 Å². The van der Waals surface area contributed by atoms with Gasteiger partial charge in [0.1, 0.15) is 12.7 Å². The Kier molecular flexibility index (Phi) is 5.88.